The Morgan fingerprint density at radius 3 is 2.33 bits per heavy atom. The third-order valence-electron chi connectivity index (χ3n) is 6.67. The first kappa shape index (κ1) is 28.4. The number of aromatic nitrogens is 2. The Bertz CT molecular complexity index is 1760. The molecule has 0 unspecified atom stereocenters. The van der Waals surface area contributed by atoms with Crippen molar-refractivity contribution >= 4 is 22.6 Å². The highest BCUT2D eigenvalue weighted by atomic mass is 16.5. The molecule has 4 aromatic carbocycles. The lowest BCUT2D eigenvalue weighted by atomic mass is 10.0. The van der Waals surface area contributed by atoms with E-state index in [1.54, 1.807) is 28.9 Å². The van der Waals surface area contributed by atoms with Crippen LogP contribution < -0.4 is 14.8 Å². The minimum Gasteiger partial charge on any atom is -0.489 e. The zero-order valence-corrected chi connectivity index (χ0v) is 24.0. The first-order valence-corrected chi connectivity index (χ1v) is 13.8. The standard InChI is InChI=1S/C34H33N3O5/c1-21(2)41-31-14-6-23(4)18-30(31)37-20-29(27-9-8-25-17-22(3)5-7-26(25)19-27)34(36-37)42-28-12-10-24(11-13-28)33(40)35-16-15-32(38)39/h5-14,17-21H,15-16H2,1-4H3,(H,35,40)(H,38,39). The average molecular weight is 564 g/mol. The fourth-order valence-corrected chi connectivity index (χ4v) is 4.62. The lowest BCUT2D eigenvalue weighted by molar-refractivity contribution is -0.136. The van der Waals surface area contributed by atoms with Crippen molar-refractivity contribution in [1.29, 1.82) is 0 Å². The lowest BCUT2D eigenvalue weighted by Crippen LogP contribution is -2.25. The summed E-state index contributed by atoms with van der Waals surface area (Å²) >= 11 is 0. The molecule has 214 valence electrons. The predicted octanol–water partition coefficient (Wildman–Crippen LogP) is 7.09. The van der Waals surface area contributed by atoms with Crippen molar-refractivity contribution in [3.05, 3.63) is 102 Å². The number of aliphatic carboxylic acids is 1. The van der Waals surface area contributed by atoms with Crippen LogP contribution in [0.3, 0.4) is 0 Å². The van der Waals surface area contributed by atoms with E-state index < -0.39 is 5.97 Å². The van der Waals surface area contributed by atoms with E-state index in [0.717, 1.165) is 33.2 Å². The molecular weight excluding hydrogens is 530 g/mol. The smallest absolute Gasteiger partial charge is 0.305 e. The molecule has 0 radical (unpaired) electrons. The van der Waals surface area contributed by atoms with Crippen molar-refractivity contribution in [2.75, 3.05) is 6.54 Å². The van der Waals surface area contributed by atoms with Crippen LogP contribution in [-0.4, -0.2) is 39.4 Å². The molecule has 1 amide bonds. The highest BCUT2D eigenvalue weighted by molar-refractivity contribution is 5.94. The Morgan fingerprint density at radius 1 is 0.905 bits per heavy atom. The lowest BCUT2D eigenvalue weighted by Gasteiger charge is -2.14. The number of carbonyl (C=O) groups excluding carboxylic acids is 1. The monoisotopic (exact) mass is 563 g/mol. The van der Waals surface area contributed by atoms with Gasteiger partial charge in [0.2, 0.25) is 5.88 Å². The van der Waals surface area contributed by atoms with Gasteiger partial charge in [0.1, 0.15) is 17.2 Å². The molecule has 2 N–H and O–H groups in total. The normalized spacial score (nSPS) is 11.1. The number of nitrogens with zero attached hydrogens (tertiary/aromatic N) is 2. The molecule has 8 heteroatoms. The van der Waals surface area contributed by atoms with Gasteiger partial charge in [-0.3, -0.25) is 9.59 Å². The molecule has 0 saturated heterocycles. The Labute approximate surface area is 244 Å². The number of benzene rings is 4. The maximum Gasteiger partial charge on any atom is 0.305 e. The Balaban J connectivity index is 1.52. The van der Waals surface area contributed by atoms with E-state index in [1.807, 2.05) is 45.2 Å². The van der Waals surface area contributed by atoms with E-state index in [0.29, 0.717) is 22.9 Å². The number of amides is 1. The summed E-state index contributed by atoms with van der Waals surface area (Å²) in [6.07, 6.45) is 1.79. The number of ether oxygens (including phenoxy) is 2. The van der Waals surface area contributed by atoms with Crippen LogP contribution in [0.15, 0.2) is 85.1 Å². The molecule has 1 heterocycles. The second-order valence-electron chi connectivity index (χ2n) is 10.5. The van der Waals surface area contributed by atoms with Crippen LogP contribution in [0.2, 0.25) is 0 Å². The van der Waals surface area contributed by atoms with Crippen LogP contribution in [0.1, 0.15) is 41.8 Å². The number of carboxylic acids is 1. The van der Waals surface area contributed by atoms with Crippen LogP contribution in [0.5, 0.6) is 17.4 Å². The highest BCUT2D eigenvalue weighted by Gasteiger charge is 2.18. The number of carboxylic acid groups (broad SMARTS) is 1. The zero-order valence-electron chi connectivity index (χ0n) is 24.0. The van der Waals surface area contributed by atoms with Gasteiger partial charge in [-0.2, -0.15) is 0 Å². The number of fused-ring (bicyclic) bond motifs is 1. The fourth-order valence-electron chi connectivity index (χ4n) is 4.62. The number of rotatable bonds is 10. The summed E-state index contributed by atoms with van der Waals surface area (Å²) in [6, 6.07) is 25.3. The molecule has 0 saturated carbocycles. The van der Waals surface area contributed by atoms with Gasteiger partial charge in [0.25, 0.3) is 5.91 Å². The van der Waals surface area contributed by atoms with Crippen LogP contribution >= 0.6 is 0 Å². The van der Waals surface area contributed by atoms with E-state index in [9.17, 15) is 9.59 Å². The molecule has 0 fully saturated rings. The van der Waals surface area contributed by atoms with Crippen molar-refractivity contribution < 1.29 is 24.2 Å². The molecule has 0 aliphatic carbocycles. The van der Waals surface area contributed by atoms with Crippen LogP contribution in [0.4, 0.5) is 0 Å². The van der Waals surface area contributed by atoms with Crippen LogP contribution in [0.25, 0.3) is 27.6 Å². The molecule has 5 rings (SSSR count). The first-order valence-electron chi connectivity index (χ1n) is 13.8. The molecule has 0 spiro atoms. The van der Waals surface area contributed by atoms with E-state index in [-0.39, 0.29) is 25.0 Å². The van der Waals surface area contributed by atoms with Gasteiger partial charge in [-0.05, 0) is 92.1 Å². The number of hydrogen-bond donors (Lipinski definition) is 2. The van der Waals surface area contributed by atoms with Crippen LogP contribution in [0, 0.1) is 13.8 Å². The average Bonchev–Trinajstić information content (AvgIpc) is 3.37. The SMILES string of the molecule is Cc1ccc(OC(C)C)c(-n2cc(-c3ccc4cc(C)ccc4c3)c(Oc3ccc(C(=O)NCCC(=O)O)cc3)n2)c1. The van der Waals surface area contributed by atoms with E-state index in [1.165, 1.54) is 5.56 Å². The maximum atomic E-state index is 12.4. The van der Waals surface area contributed by atoms with Gasteiger partial charge in [0, 0.05) is 18.3 Å². The molecule has 5 aromatic rings. The van der Waals surface area contributed by atoms with Gasteiger partial charge in [-0.25, -0.2) is 4.68 Å². The second-order valence-corrected chi connectivity index (χ2v) is 10.5. The summed E-state index contributed by atoms with van der Waals surface area (Å²) < 4.78 is 14.2. The largest absolute Gasteiger partial charge is 0.489 e. The number of carbonyl (C=O) groups is 2. The maximum absolute atomic E-state index is 12.4. The molecule has 0 bridgehead atoms. The summed E-state index contributed by atoms with van der Waals surface area (Å²) in [6.45, 7) is 8.13. The molecule has 1 aromatic heterocycles. The van der Waals surface area contributed by atoms with E-state index >= 15 is 0 Å². The third-order valence-corrected chi connectivity index (χ3v) is 6.67. The Hall–Kier alpha value is -5.11. The summed E-state index contributed by atoms with van der Waals surface area (Å²) in [5.41, 5.74) is 5.20. The van der Waals surface area contributed by atoms with Crippen LogP contribution in [-0.2, 0) is 4.79 Å². The van der Waals surface area contributed by atoms with Crippen molar-refractivity contribution in [1.82, 2.24) is 15.1 Å². The minimum absolute atomic E-state index is 0.0130. The van der Waals surface area contributed by atoms with Gasteiger partial charge >= 0.3 is 5.97 Å². The quantitative estimate of drug-likeness (QED) is 0.188. The van der Waals surface area contributed by atoms with Crippen molar-refractivity contribution in [2.24, 2.45) is 0 Å². The number of aryl methyl sites for hydroxylation is 2. The van der Waals surface area contributed by atoms with Crippen molar-refractivity contribution in [3.8, 4) is 34.2 Å². The third kappa shape index (κ3) is 6.61. The molecule has 0 aliphatic heterocycles. The second kappa shape index (κ2) is 12.2. The zero-order chi connectivity index (χ0) is 29.8. The van der Waals surface area contributed by atoms with Gasteiger partial charge in [-0.15, -0.1) is 5.10 Å². The van der Waals surface area contributed by atoms with E-state index in [2.05, 4.69) is 48.6 Å². The summed E-state index contributed by atoms with van der Waals surface area (Å²) in [7, 11) is 0. The van der Waals surface area contributed by atoms with E-state index in [4.69, 9.17) is 19.7 Å². The number of nitrogens with one attached hydrogen (secondary N) is 1. The van der Waals surface area contributed by atoms with Gasteiger partial charge in [0.15, 0.2) is 0 Å². The van der Waals surface area contributed by atoms with Gasteiger partial charge in [0.05, 0.1) is 18.1 Å². The molecular formula is C34H33N3O5. The summed E-state index contributed by atoms with van der Waals surface area (Å²) in [5.74, 6) is 0.295. The highest BCUT2D eigenvalue weighted by Crippen LogP contribution is 2.36. The minimum atomic E-state index is -0.968. The molecule has 0 atom stereocenters. The predicted molar refractivity (Wildman–Crippen MR) is 163 cm³/mol. The number of hydrogen-bond acceptors (Lipinski definition) is 5. The Morgan fingerprint density at radius 2 is 1.60 bits per heavy atom. The van der Waals surface area contributed by atoms with Crippen molar-refractivity contribution in [2.45, 2.75) is 40.2 Å². The fraction of sp³-hybridized carbons (Fsp3) is 0.206. The topological polar surface area (TPSA) is 103 Å². The summed E-state index contributed by atoms with van der Waals surface area (Å²) in [5, 5.41) is 18.5. The summed E-state index contributed by atoms with van der Waals surface area (Å²) in [4.78, 5) is 23.1. The van der Waals surface area contributed by atoms with Gasteiger partial charge in [-0.1, -0.05) is 42.0 Å². The first-order chi connectivity index (χ1) is 20.2. The molecule has 0 aliphatic rings. The molecule has 8 nitrogen and oxygen atoms in total. The van der Waals surface area contributed by atoms with Crippen molar-refractivity contribution in [3.63, 3.8) is 0 Å². The Kier molecular flexibility index (Phi) is 8.24. The molecule has 42 heavy (non-hydrogen) atoms. The van der Waals surface area contributed by atoms with Gasteiger partial charge < -0.3 is 19.9 Å².